The molecule has 0 saturated heterocycles. The second kappa shape index (κ2) is 22.8. The second-order valence-electron chi connectivity index (χ2n) is 7.06. The number of ether oxygens (including phenoxy) is 2. The fraction of sp³-hybridized carbons (Fsp3) is 0.259. The molecule has 2 aromatic carbocycles. The number of nitrogens with two attached hydrogens (primary N) is 2. The zero-order valence-corrected chi connectivity index (χ0v) is 28.1. The smallest absolute Gasteiger partial charge is 0.841 e. The Kier molecular flexibility index (Phi) is 22.9. The van der Waals surface area contributed by atoms with Gasteiger partial charge >= 0.3 is 57.4 Å². The molecule has 10 nitrogen and oxygen atoms in total. The third kappa shape index (κ3) is 15.2. The van der Waals surface area contributed by atoms with Crippen molar-refractivity contribution in [3.8, 4) is 11.8 Å². The van der Waals surface area contributed by atoms with E-state index in [0.717, 1.165) is 32.3 Å². The van der Waals surface area contributed by atoms with Gasteiger partial charge in [-0.25, -0.2) is 9.48 Å². The summed E-state index contributed by atoms with van der Waals surface area (Å²) in [5, 5.41) is 22.8. The van der Waals surface area contributed by atoms with Crippen LogP contribution < -0.4 is 68.0 Å². The third-order valence-electron chi connectivity index (χ3n) is 4.26. The van der Waals surface area contributed by atoms with E-state index in [9.17, 15) is 14.7 Å². The van der Waals surface area contributed by atoms with E-state index < -0.39 is 18.0 Å². The van der Waals surface area contributed by atoms with Crippen LogP contribution >= 0.6 is 31.9 Å². The Labute approximate surface area is 294 Å². The van der Waals surface area contributed by atoms with Gasteiger partial charge in [-0.3, -0.25) is 4.79 Å². The molecule has 210 valence electrons. The molecule has 0 aliphatic carbocycles. The number of esters is 2. The number of allylic oxidation sites excluding steroid dienone is 1. The summed E-state index contributed by atoms with van der Waals surface area (Å²) in [6.07, 6.45) is 0.349. The number of nitriles is 1. The second-order valence-corrected chi connectivity index (χ2v) is 8.89. The normalized spacial score (nSPS) is 10.2. The molecule has 0 saturated carbocycles. The molecule has 1 unspecified atom stereocenters. The van der Waals surface area contributed by atoms with Crippen LogP contribution in [0.4, 0.5) is 5.82 Å². The summed E-state index contributed by atoms with van der Waals surface area (Å²) in [5.74, 6) is -0.937. The minimum absolute atomic E-state index is 0. The molecule has 3 rings (SSSR count). The first-order valence-corrected chi connectivity index (χ1v) is 12.9. The van der Waals surface area contributed by atoms with Crippen molar-refractivity contribution >= 4 is 49.6 Å². The Morgan fingerprint density at radius 1 is 1.10 bits per heavy atom. The van der Waals surface area contributed by atoms with Gasteiger partial charge in [0.2, 0.25) is 0 Å². The van der Waals surface area contributed by atoms with Crippen molar-refractivity contribution in [2.45, 2.75) is 33.9 Å². The number of carbonyl (C=O) groups excluding carboxylic acids is 2. The van der Waals surface area contributed by atoms with Crippen molar-refractivity contribution in [1.82, 2.24) is 9.78 Å². The maximum Gasteiger partial charge on any atom is 1.00 e. The molecule has 0 aliphatic heterocycles. The average molecular weight is 705 g/mol. The van der Waals surface area contributed by atoms with Crippen LogP contribution in [-0.2, 0) is 20.8 Å². The molecular weight excluding hydrogens is 673 g/mol. The van der Waals surface area contributed by atoms with E-state index in [1.165, 1.54) is 10.7 Å². The zero-order valence-electron chi connectivity index (χ0n) is 21.8. The summed E-state index contributed by atoms with van der Waals surface area (Å²) in [7, 11) is 0. The first-order valence-electron chi connectivity index (χ1n) is 11.3. The number of anilines is 1. The van der Waals surface area contributed by atoms with Crippen molar-refractivity contribution < 1.29 is 75.6 Å². The molecule has 0 aliphatic rings. The van der Waals surface area contributed by atoms with Gasteiger partial charge in [0, 0.05) is 27.6 Å². The van der Waals surface area contributed by atoms with Gasteiger partial charge in [0.15, 0.2) is 5.69 Å². The first-order chi connectivity index (χ1) is 18.2. The standard InChI is InChI=1S/C12H12BrN3O2.C7H8BrN.C7H8NO3.CH4.K/c1-2-18-12(17)10-7-11(14)16(15-10)9-5-3-4-8(13)6-9;8-7-3-1-2-6(4-7)5-9;1-2-11-7(10)6(9)4-3-5-8;;/h3-7H,2,14H2,1H3;1-4H,5,9H2;3-4,6H,2H2,1H3;1H4;/q;;-1;;+1/b;;4-3+;;. The first kappa shape index (κ1) is 40.3. The van der Waals surface area contributed by atoms with Crippen LogP contribution in [0.5, 0.6) is 0 Å². The van der Waals surface area contributed by atoms with E-state index in [1.54, 1.807) is 19.9 Å². The van der Waals surface area contributed by atoms with E-state index in [0.29, 0.717) is 19.0 Å². The third-order valence-corrected chi connectivity index (χ3v) is 5.25. The van der Waals surface area contributed by atoms with Crippen LogP contribution in [0.15, 0.2) is 75.7 Å². The summed E-state index contributed by atoms with van der Waals surface area (Å²) in [4.78, 5) is 22.1. The van der Waals surface area contributed by atoms with Crippen LogP contribution in [0.3, 0.4) is 0 Å². The molecular formula is C27H32Br2KN5O5. The summed E-state index contributed by atoms with van der Waals surface area (Å²) >= 11 is 6.72. The van der Waals surface area contributed by atoms with Crippen molar-refractivity contribution in [2.24, 2.45) is 5.73 Å². The van der Waals surface area contributed by atoms with Crippen LogP contribution in [0.2, 0.25) is 0 Å². The summed E-state index contributed by atoms with van der Waals surface area (Å²) in [6, 6.07) is 18.6. The molecule has 3 aromatic rings. The Hall–Kier alpha value is -1.86. The summed E-state index contributed by atoms with van der Waals surface area (Å²) in [6.45, 7) is 4.45. The van der Waals surface area contributed by atoms with Crippen molar-refractivity contribution in [1.29, 1.82) is 5.26 Å². The summed E-state index contributed by atoms with van der Waals surface area (Å²) in [5.41, 5.74) is 13.4. The number of rotatable bonds is 7. The number of nitrogen functional groups attached to an aromatic ring is 1. The molecule has 0 radical (unpaired) electrons. The number of hydrogen-bond donors (Lipinski definition) is 2. The molecule has 1 heterocycles. The van der Waals surface area contributed by atoms with Gasteiger partial charge in [-0.05, 0) is 55.8 Å². The van der Waals surface area contributed by atoms with Gasteiger partial charge < -0.3 is 26.0 Å². The molecule has 0 amide bonds. The Morgan fingerprint density at radius 2 is 1.70 bits per heavy atom. The maximum absolute atomic E-state index is 11.5. The average Bonchev–Trinajstić information content (AvgIpc) is 3.30. The van der Waals surface area contributed by atoms with E-state index in [-0.39, 0.29) is 71.1 Å². The Morgan fingerprint density at radius 3 is 2.20 bits per heavy atom. The molecule has 0 bridgehead atoms. The van der Waals surface area contributed by atoms with E-state index in [4.69, 9.17) is 21.5 Å². The molecule has 1 atom stereocenters. The fourth-order valence-electron chi connectivity index (χ4n) is 2.61. The molecule has 0 fully saturated rings. The van der Waals surface area contributed by atoms with Crippen LogP contribution in [-0.4, -0.2) is 41.0 Å². The predicted octanol–water partition coefficient (Wildman–Crippen LogP) is 1.30. The van der Waals surface area contributed by atoms with Gasteiger partial charge in [0.1, 0.15) is 5.82 Å². The Bertz CT molecular complexity index is 1260. The SMILES string of the molecule is C.CCOC(=O)C([O-])/C=C/C#N.CCOC(=O)c1cc(N)n(-c2cccc(Br)c2)n1.NCc1cccc(Br)c1.[K+]. The van der Waals surface area contributed by atoms with Crippen molar-refractivity contribution in [3.05, 3.63) is 87.0 Å². The topological polar surface area (TPSA) is 169 Å². The van der Waals surface area contributed by atoms with Crippen molar-refractivity contribution in [3.63, 3.8) is 0 Å². The van der Waals surface area contributed by atoms with Crippen LogP contribution in [0.1, 0.15) is 37.3 Å². The van der Waals surface area contributed by atoms with Gasteiger partial charge in [-0.15, -0.1) is 0 Å². The number of halogens is 2. The Balaban J connectivity index is 0. The minimum atomic E-state index is -1.57. The van der Waals surface area contributed by atoms with E-state index >= 15 is 0 Å². The number of hydrogen-bond acceptors (Lipinski definition) is 9. The quantitative estimate of drug-likeness (QED) is 0.209. The van der Waals surface area contributed by atoms with Crippen molar-refractivity contribution in [2.75, 3.05) is 18.9 Å². The molecule has 13 heteroatoms. The van der Waals surface area contributed by atoms with E-state index in [2.05, 4.69) is 41.7 Å². The van der Waals surface area contributed by atoms with E-state index in [1.807, 2.05) is 48.5 Å². The number of aromatic nitrogens is 2. The molecule has 40 heavy (non-hydrogen) atoms. The molecule has 1 aromatic heterocycles. The van der Waals surface area contributed by atoms with Gasteiger partial charge in [0.25, 0.3) is 5.97 Å². The van der Waals surface area contributed by atoms with Gasteiger partial charge in [-0.1, -0.05) is 63.6 Å². The maximum atomic E-state index is 11.5. The number of carbonyl (C=O) groups is 2. The van der Waals surface area contributed by atoms with Crippen LogP contribution in [0, 0.1) is 11.3 Å². The minimum Gasteiger partial charge on any atom is -0.841 e. The largest absolute Gasteiger partial charge is 1.00 e. The predicted molar refractivity (Wildman–Crippen MR) is 156 cm³/mol. The van der Waals surface area contributed by atoms with Gasteiger partial charge in [0.05, 0.1) is 25.0 Å². The number of nitrogens with zero attached hydrogens (tertiary/aromatic N) is 3. The fourth-order valence-corrected chi connectivity index (χ4v) is 3.45. The van der Waals surface area contributed by atoms with Gasteiger partial charge in [-0.2, -0.15) is 10.4 Å². The monoisotopic (exact) mass is 703 g/mol. The molecule has 0 spiro atoms. The zero-order chi connectivity index (χ0) is 28.5. The number of benzene rings is 2. The summed E-state index contributed by atoms with van der Waals surface area (Å²) < 4.78 is 12.8. The molecule has 4 N–H and O–H groups in total. The van der Waals surface area contributed by atoms with Crippen LogP contribution in [0.25, 0.3) is 5.69 Å².